The number of hydrogen-bond acceptors (Lipinski definition) is 0. The molecule has 1 aromatic carbocycles. The van der Waals surface area contributed by atoms with Gasteiger partial charge in [0.05, 0.1) is 19.1 Å². The molecule has 0 fully saturated rings. The van der Waals surface area contributed by atoms with Gasteiger partial charge >= 0.3 is 0 Å². The van der Waals surface area contributed by atoms with Crippen molar-refractivity contribution in [3.8, 4) is 0 Å². The average molecular weight is 508 g/mol. The summed E-state index contributed by atoms with van der Waals surface area (Å²) in [5.74, 6) is 0. The maximum absolute atomic E-state index is 6.38. The molecule has 2 rings (SSSR count). The molecule has 0 aliphatic heterocycles. The summed E-state index contributed by atoms with van der Waals surface area (Å²) in [5, 5.41) is 1.44. The minimum Gasteiger partial charge on any atom is -1.00 e. The maximum atomic E-state index is 6.38. The van der Waals surface area contributed by atoms with Gasteiger partial charge in [-0.3, -0.25) is 0 Å². The molecule has 0 saturated carbocycles. The Morgan fingerprint density at radius 3 is 2.46 bits per heavy atom. The number of quaternary nitrogens is 1. The van der Waals surface area contributed by atoms with Crippen molar-refractivity contribution in [2.45, 2.75) is 59.5 Å². The summed E-state index contributed by atoms with van der Waals surface area (Å²) in [5.41, 5.74) is 4.50. The largest absolute Gasteiger partial charge is 1.00 e. The van der Waals surface area contributed by atoms with E-state index in [1.54, 1.807) is 5.57 Å². The summed E-state index contributed by atoms with van der Waals surface area (Å²) in [6.45, 7) is 10.2. The number of rotatable bonds is 5. The van der Waals surface area contributed by atoms with Gasteiger partial charge in [-0.2, -0.15) is 0 Å². The number of halogens is 3. The summed E-state index contributed by atoms with van der Waals surface area (Å²) >= 11 is 12.4. The molecule has 0 bridgehead atoms. The molecule has 1 atom stereocenters. The first-order valence-electron chi connectivity index (χ1n) is 9.18. The van der Waals surface area contributed by atoms with E-state index < -0.39 is 0 Å². The Labute approximate surface area is 187 Å². The third-order valence-corrected chi connectivity index (χ3v) is 6.37. The van der Waals surface area contributed by atoms with Crippen LogP contribution in [0.25, 0.3) is 0 Å². The number of benzene rings is 1. The molecule has 1 aromatic rings. The fourth-order valence-corrected chi connectivity index (χ4v) is 4.18. The molecule has 1 aliphatic carbocycles. The van der Waals surface area contributed by atoms with Crippen molar-refractivity contribution in [1.82, 2.24) is 0 Å². The van der Waals surface area contributed by atoms with Crippen molar-refractivity contribution in [2.75, 3.05) is 14.1 Å². The van der Waals surface area contributed by atoms with E-state index >= 15 is 0 Å². The Kier molecular flexibility index (Phi) is 8.72. The fraction of sp³-hybridized carbons (Fsp3) is 0.545. The van der Waals surface area contributed by atoms with Gasteiger partial charge in [0.15, 0.2) is 0 Å². The van der Waals surface area contributed by atoms with Crippen molar-refractivity contribution < 1.29 is 28.5 Å². The lowest BCUT2D eigenvalue weighted by Gasteiger charge is -2.36. The zero-order valence-electron chi connectivity index (χ0n) is 16.9. The van der Waals surface area contributed by atoms with Crippen LogP contribution in [0.15, 0.2) is 41.5 Å². The summed E-state index contributed by atoms with van der Waals surface area (Å²) in [6.07, 6.45) is 8.56. The Morgan fingerprint density at radius 1 is 1.23 bits per heavy atom. The summed E-state index contributed by atoms with van der Waals surface area (Å²) in [7, 11) is 4.51. The molecular formula is C22H32Cl2IN. The van der Waals surface area contributed by atoms with Crippen molar-refractivity contribution >= 4 is 23.2 Å². The van der Waals surface area contributed by atoms with Crippen LogP contribution in [0.5, 0.6) is 0 Å². The standard InChI is InChI=1S/C22H32Cl2N.HI/c1-16-8-7-13-22(3,4)20(16)12-9-17(2)25(5,6)15-18-10-11-19(23)14-21(18)24;/h9-12,14,17H,7-8,13,15H2,1-6H3;1H/q+1;/p-1. The van der Waals surface area contributed by atoms with E-state index in [0.717, 1.165) is 21.6 Å². The minimum atomic E-state index is 0. The summed E-state index contributed by atoms with van der Waals surface area (Å²) < 4.78 is 0.852. The van der Waals surface area contributed by atoms with E-state index in [2.05, 4.69) is 53.9 Å². The molecule has 26 heavy (non-hydrogen) atoms. The predicted molar refractivity (Wildman–Crippen MR) is 111 cm³/mol. The number of allylic oxidation sites excluding steroid dienone is 3. The van der Waals surface area contributed by atoms with Crippen molar-refractivity contribution in [3.05, 3.63) is 57.1 Å². The minimum absolute atomic E-state index is 0. The van der Waals surface area contributed by atoms with Crippen LogP contribution in [0.2, 0.25) is 10.0 Å². The topological polar surface area (TPSA) is 0 Å². The Bertz CT molecular complexity index is 689. The highest BCUT2D eigenvalue weighted by atomic mass is 127. The predicted octanol–water partition coefficient (Wildman–Crippen LogP) is 4.05. The molecule has 0 N–H and O–H groups in total. The van der Waals surface area contributed by atoms with E-state index in [-0.39, 0.29) is 29.4 Å². The van der Waals surface area contributed by atoms with Gasteiger partial charge in [0, 0.05) is 10.6 Å². The van der Waals surface area contributed by atoms with Gasteiger partial charge < -0.3 is 28.5 Å². The third-order valence-electron chi connectivity index (χ3n) is 5.78. The first-order valence-corrected chi connectivity index (χ1v) is 9.93. The summed E-state index contributed by atoms with van der Waals surface area (Å²) in [6, 6.07) is 6.18. The highest BCUT2D eigenvalue weighted by molar-refractivity contribution is 6.35. The molecular weight excluding hydrogens is 476 g/mol. The molecule has 1 aliphatic rings. The van der Waals surface area contributed by atoms with Gasteiger partial charge in [-0.25, -0.2) is 0 Å². The number of nitrogens with zero attached hydrogens (tertiary/aromatic N) is 1. The van der Waals surface area contributed by atoms with Crippen LogP contribution in [0.4, 0.5) is 0 Å². The quantitative estimate of drug-likeness (QED) is 0.416. The Balaban J connectivity index is 0.00000338. The lowest BCUT2D eigenvalue weighted by atomic mass is 9.72. The van der Waals surface area contributed by atoms with Gasteiger partial charge in [-0.05, 0) is 62.3 Å². The second-order valence-electron chi connectivity index (χ2n) is 8.70. The van der Waals surface area contributed by atoms with Crippen molar-refractivity contribution in [1.29, 1.82) is 0 Å². The van der Waals surface area contributed by atoms with Crippen LogP contribution >= 0.6 is 23.2 Å². The van der Waals surface area contributed by atoms with Crippen LogP contribution in [0.1, 0.15) is 52.5 Å². The molecule has 0 aromatic heterocycles. The monoisotopic (exact) mass is 507 g/mol. The van der Waals surface area contributed by atoms with Gasteiger partial charge in [0.1, 0.15) is 12.6 Å². The van der Waals surface area contributed by atoms with Gasteiger partial charge in [-0.1, -0.05) is 54.8 Å². The van der Waals surface area contributed by atoms with Gasteiger partial charge in [-0.15, -0.1) is 0 Å². The second-order valence-corrected chi connectivity index (χ2v) is 9.55. The molecule has 1 unspecified atom stereocenters. The first kappa shape index (κ1) is 24.0. The van der Waals surface area contributed by atoms with Crippen LogP contribution < -0.4 is 24.0 Å². The third kappa shape index (κ3) is 5.98. The van der Waals surface area contributed by atoms with Crippen molar-refractivity contribution in [3.63, 3.8) is 0 Å². The average Bonchev–Trinajstić information content (AvgIpc) is 2.48. The number of hydrogen-bond donors (Lipinski definition) is 0. The lowest BCUT2D eigenvalue weighted by Crippen LogP contribution is -3.00. The van der Waals surface area contributed by atoms with Crippen molar-refractivity contribution in [2.24, 2.45) is 5.41 Å². The lowest BCUT2D eigenvalue weighted by molar-refractivity contribution is -0.919. The molecule has 0 amide bonds. The van der Waals surface area contributed by atoms with Crippen LogP contribution in [-0.2, 0) is 6.54 Å². The van der Waals surface area contributed by atoms with Crippen LogP contribution in [0.3, 0.4) is 0 Å². The highest BCUT2D eigenvalue weighted by Crippen LogP contribution is 2.40. The fourth-order valence-electron chi connectivity index (χ4n) is 3.71. The molecule has 0 spiro atoms. The van der Waals surface area contributed by atoms with E-state index in [4.69, 9.17) is 23.2 Å². The highest BCUT2D eigenvalue weighted by Gasteiger charge is 2.28. The zero-order valence-corrected chi connectivity index (χ0v) is 20.5. The van der Waals surface area contributed by atoms with E-state index in [1.165, 1.54) is 24.8 Å². The second kappa shape index (κ2) is 9.45. The van der Waals surface area contributed by atoms with Crippen LogP contribution in [-0.4, -0.2) is 24.6 Å². The smallest absolute Gasteiger partial charge is 0.106 e. The zero-order chi connectivity index (χ0) is 18.8. The summed E-state index contributed by atoms with van der Waals surface area (Å²) in [4.78, 5) is 0. The SMILES string of the molecule is CC1=C(C=CC(C)[N+](C)(C)Cc2ccc(Cl)cc2Cl)C(C)(C)CCC1.[I-]. The molecule has 1 nitrogen and oxygen atoms in total. The Hall–Kier alpha value is -0.0300. The maximum Gasteiger partial charge on any atom is 0.106 e. The molecule has 0 radical (unpaired) electrons. The van der Waals surface area contributed by atoms with E-state index in [9.17, 15) is 0 Å². The number of likely N-dealkylation sites (N-methyl/N-ethyl adjacent to an activating group) is 1. The van der Waals surface area contributed by atoms with Gasteiger partial charge in [0.2, 0.25) is 0 Å². The van der Waals surface area contributed by atoms with Gasteiger partial charge in [0.25, 0.3) is 0 Å². The molecule has 0 saturated heterocycles. The first-order chi connectivity index (χ1) is 11.5. The Morgan fingerprint density at radius 2 is 1.88 bits per heavy atom. The molecule has 4 heteroatoms. The molecule has 146 valence electrons. The van der Waals surface area contributed by atoms with Crippen LogP contribution in [0, 0.1) is 5.41 Å². The molecule has 0 heterocycles. The van der Waals surface area contributed by atoms with E-state index in [0.29, 0.717) is 11.1 Å². The van der Waals surface area contributed by atoms with E-state index in [1.807, 2.05) is 18.2 Å². The normalized spacial score (nSPS) is 18.8.